The van der Waals surface area contributed by atoms with E-state index in [1.807, 2.05) is 6.29 Å². The fraction of sp³-hybridized carbons (Fsp3) is 0.750. The second-order valence-corrected chi connectivity index (χ2v) is 4.27. The van der Waals surface area contributed by atoms with Crippen LogP contribution < -0.4 is 0 Å². The standard InChI is InChI=1S/C8H11O2S/c1-6(10)11-8(5-9)4-7-2-3-7/h7-8H,2-4H2,1H3. The SMILES string of the molecule is CC(=O)SC([C]=O)CC1CC1. The van der Waals surface area contributed by atoms with Crippen molar-refractivity contribution in [2.24, 2.45) is 5.92 Å². The lowest BCUT2D eigenvalue weighted by Gasteiger charge is -2.03. The number of hydrogen-bond acceptors (Lipinski definition) is 3. The first kappa shape index (κ1) is 8.78. The van der Waals surface area contributed by atoms with Crippen LogP contribution >= 0.6 is 11.8 Å². The highest BCUT2D eigenvalue weighted by atomic mass is 32.2. The van der Waals surface area contributed by atoms with Crippen LogP contribution in [-0.2, 0) is 9.59 Å². The van der Waals surface area contributed by atoms with E-state index >= 15 is 0 Å². The van der Waals surface area contributed by atoms with Gasteiger partial charge < -0.3 is 0 Å². The lowest BCUT2D eigenvalue weighted by atomic mass is 10.2. The highest BCUT2D eigenvalue weighted by Gasteiger charge is 2.26. The zero-order chi connectivity index (χ0) is 8.27. The van der Waals surface area contributed by atoms with Crippen molar-refractivity contribution in [3.63, 3.8) is 0 Å². The molecule has 11 heavy (non-hydrogen) atoms. The predicted molar refractivity (Wildman–Crippen MR) is 45.1 cm³/mol. The molecule has 1 rings (SSSR count). The minimum Gasteiger partial charge on any atom is -0.290 e. The monoisotopic (exact) mass is 171 g/mol. The maximum absolute atomic E-state index is 10.6. The molecule has 1 unspecified atom stereocenters. The Kier molecular flexibility index (Phi) is 3.12. The van der Waals surface area contributed by atoms with Crippen LogP contribution in [-0.4, -0.2) is 16.7 Å². The molecule has 0 heterocycles. The molecule has 0 N–H and O–H groups in total. The van der Waals surface area contributed by atoms with Crippen molar-refractivity contribution in [3.05, 3.63) is 0 Å². The Morgan fingerprint density at radius 1 is 1.73 bits per heavy atom. The molecule has 61 valence electrons. The molecule has 3 heteroatoms. The van der Waals surface area contributed by atoms with Gasteiger partial charge >= 0.3 is 0 Å². The summed E-state index contributed by atoms with van der Waals surface area (Å²) in [5, 5.41) is -0.195. The van der Waals surface area contributed by atoms with Crippen LogP contribution in [0.5, 0.6) is 0 Å². The first-order valence-electron chi connectivity index (χ1n) is 3.77. The molecule has 0 amide bonds. The second kappa shape index (κ2) is 3.90. The van der Waals surface area contributed by atoms with Crippen molar-refractivity contribution in [1.82, 2.24) is 0 Å². The minimum atomic E-state index is -0.208. The van der Waals surface area contributed by atoms with Crippen molar-refractivity contribution in [3.8, 4) is 0 Å². The van der Waals surface area contributed by atoms with Crippen LogP contribution in [0.1, 0.15) is 26.2 Å². The highest BCUT2D eigenvalue weighted by Crippen LogP contribution is 2.35. The molecule has 1 aliphatic carbocycles. The topological polar surface area (TPSA) is 34.1 Å². The molecule has 2 nitrogen and oxygen atoms in total. The minimum absolute atomic E-state index is 0.0130. The number of rotatable bonds is 4. The van der Waals surface area contributed by atoms with Crippen LogP contribution in [0.25, 0.3) is 0 Å². The fourth-order valence-electron chi connectivity index (χ4n) is 0.977. The molecular formula is C8H11O2S. The van der Waals surface area contributed by atoms with E-state index in [4.69, 9.17) is 0 Å². The zero-order valence-electron chi connectivity index (χ0n) is 6.50. The molecule has 0 aromatic heterocycles. The van der Waals surface area contributed by atoms with Crippen molar-refractivity contribution in [2.75, 3.05) is 0 Å². The Bertz CT molecular complexity index is 163. The van der Waals surface area contributed by atoms with Gasteiger partial charge in [-0.1, -0.05) is 24.6 Å². The summed E-state index contributed by atoms with van der Waals surface area (Å²) in [6.07, 6.45) is 5.18. The summed E-state index contributed by atoms with van der Waals surface area (Å²) >= 11 is 1.11. The number of carbonyl (C=O) groups excluding carboxylic acids is 2. The summed E-state index contributed by atoms with van der Waals surface area (Å²) in [6, 6.07) is 0. The largest absolute Gasteiger partial charge is 0.290 e. The van der Waals surface area contributed by atoms with E-state index in [2.05, 4.69) is 0 Å². The number of carbonyl (C=O) groups is 1. The van der Waals surface area contributed by atoms with Gasteiger partial charge in [0.1, 0.15) is 0 Å². The van der Waals surface area contributed by atoms with Crippen molar-refractivity contribution in [1.29, 1.82) is 0 Å². The predicted octanol–water partition coefficient (Wildman–Crippen LogP) is 1.54. The average molecular weight is 171 g/mol. The summed E-state index contributed by atoms with van der Waals surface area (Å²) in [5.74, 6) is 0.688. The molecule has 0 aromatic carbocycles. The van der Waals surface area contributed by atoms with Gasteiger partial charge in [-0.3, -0.25) is 9.59 Å². The summed E-state index contributed by atoms with van der Waals surface area (Å²) in [7, 11) is 0. The zero-order valence-corrected chi connectivity index (χ0v) is 7.32. The summed E-state index contributed by atoms with van der Waals surface area (Å²) in [5.41, 5.74) is 0. The Balaban J connectivity index is 2.22. The summed E-state index contributed by atoms with van der Waals surface area (Å²) in [6.45, 7) is 1.49. The van der Waals surface area contributed by atoms with E-state index in [9.17, 15) is 9.59 Å². The number of hydrogen-bond donors (Lipinski definition) is 0. The van der Waals surface area contributed by atoms with Crippen molar-refractivity contribution < 1.29 is 9.59 Å². The molecule has 0 bridgehead atoms. The van der Waals surface area contributed by atoms with Crippen molar-refractivity contribution in [2.45, 2.75) is 31.4 Å². The Labute approximate surface area is 70.7 Å². The smallest absolute Gasteiger partial charge is 0.212 e. The quantitative estimate of drug-likeness (QED) is 0.643. The molecule has 1 aliphatic rings. The third-order valence-corrected chi connectivity index (χ3v) is 2.59. The third-order valence-electron chi connectivity index (χ3n) is 1.68. The van der Waals surface area contributed by atoms with E-state index in [0.717, 1.165) is 18.2 Å². The van der Waals surface area contributed by atoms with Crippen LogP contribution in [0.15, 0.2) is 0 Å². The van der Waals surface area contributed by atoms with Gasteiger partial charge in [0.05, 0.1) is 5.25 Å². The molecular weight excluding hydrogens is 160 g/mol. The summed E-state index contributed by atoms with van der Waals surface area (Å²) < 4.78 is 0. The molecule has 1 radical (unpaired) electrons. The Morgan fingerprint density at radius 3 is 2.73 bits per heavy atom. The first-order chi connectivity index (χ1) is 5.22. The number of thioether (sulfide) groups is 1. The van der Waals surface area contributed by atoms with E-state index < -0.39 is 0 Å². The van der Waals surface area contributed by atoms with Gasteiger partial charge in [-0.2, -0.15) is 0 Å². The van der Waals surface area contributed by atoms with Gasteiger partial charge in [0.25, 0.3) is 0 Å². The molecule has 0 aliphatic heterocycles. The van der Waals surface area contributed by atoms with Crippen LogP contribution in [0.3, 0.4) is 0 Å². The van der Waals surface area contributed by atoms with Gasteiger partial charge in [0.2, 0.25) is 6.29 Å². The van der Waals surface area contributed by atoms with Gasteiger partial charge in [-0.15, -0.1) is 0 Å². The first-order valence-corrected chi connectivity index (χ1v) is 4.65. The van der Waals surface area contributed by atoms with Gasteiger partial charge in [-0.25, -0.2) is 0 Å². The molecule has 0 saturated heterocycles. The van der Waals surface area contributed by atoms with Crippen LogP contribution in [0.2, 0.25) is 0 Å². The van der Waals surface area contributed by atoms with Gasteiger partial charge in [-0.05, 0) is 12.3 Å². The maximum atomic E-state index is 10.6. The van der Waals surface area contributed by atoms with Gasteiger partial charge in [0, 0.05) is 6.92 Å². The maximum Gasteiger partial charge on any atom is 0.212 e. The third kappa shape index (κ3) is 3.56. The fourth-order valence-corrected chi connectivity index (χ4v) is 1.79. The Morgan fingerprint density at radius 2 is 2.36 bits per heavy atom. The molecule has 0 spiro atoms. The normalized spacial score (nSPS) is 19.4. The van der Waals surface area contributed by atoms with E-state index in [1.165, 1.54) is 19.8 Å². The van der Waals surface area contributed by atoms with Crippen LogP contribution in [0, 0.1) is 5.92 Å². The van der Waals surface area contributed by atoms with Gasteiger partial charge in [0.15, 0.2) is 5.12 Å². The Hall–Kier alpha value is -0.310. The lowest BCUT2D eigenvalue weighted by molar-refractivity contribution is -0.109. The molecule has 1 saturated carbocycles. The van der Waals surface area contributed by atoms with E-state index in [1.54, 1.807) is 0 Å². The van der Waals surface area contributed by atoms with Crippen molar-refractivity contribution >= 4 is 23.2 Å². The molecule has 1 atom stereocenters. The molecule has 1 fully saturated rings. The lowest BCUT2D eigenvalue weighted by Crippen LogP contribution is -2.07. The van der Waals surface area contributed by atoms with E-state index in [-0.39, 0.29) is 10.4 Å². The molecule has 0 aromatic rings. The second-order valence-electron chi connectivity index (χ2n) is 2.90. The average Bonchev–Trinajstić information content (AvgIpc) is 2.69. The van der Waals surface area contributed by atoms with E-state index in [0.29, 0.717) is 5.92 Å². The van der Waals surface area contributed by atoms with Crippen LogP contribution in [0.4, 0.5) is 0 Å². The summed E-state index contributed by atoms with van der Waals surface area (Å²) in [4.78, 5) is 20.9. The highest BCUT2D eigenvalue weighted by molar-refractivity contribution is 8.14.